The second-order valence-electron chi connectivity index (χ2n) is 3.69. The van der Waals surface area contributed by atoms with E-state index in [0.717, 1.165) is 16.3 Å². The molecule has 1 aliphatic rings. The van der Waals surface area contributed by atoms with E-state index in [9.17, 15) is 14.4 Å². The first kappa shape index (κ1) is 12.6. The van der Waals surface area contributed by atoms with Gasteiger partial charge < -0.3 is 10.8 Å². The lowest BCUT2D eigenvalue weighted by atomic mass is 10.1. The number of carbonyl (C=O) groups excluding carboxylic acids is 2. The van der Waals surface area contributed by atoms with Crippen LogP contribution in [0.1, 0.15) is 20.7 Å². The molecule has 0 bridgehead atoms. The van der Waals surface area contributed by atoms with E-state index in [0.29, 0.717) is 11.1 Å². The van der Waals surface area contributed by atoms with Crippen LogP contribution < -0.4 is 5.73 Å². The lowest BCUT2D eigenvalue weighted by Crippen LogP contribution is -2.35. The summed E-state index contributed by atoms with van der Waals surface area (Å²) in [6.45, 7) is 0. The van der Waals surface area contributed by atoms with E-state index in [1.807, 2.05) is 0 Å². The third-order valence-corrected chi connectivity index (χ3v) is 3.56. The fourth-order valence-corrected chi connectivity index (χ4v) is 2.39. The summed E-state index contributed by atoms with van der Waals surface area (Å²) in [5.74, 6) is -2.07. The molecule has 0 saturated carbocycles. The number of carboxylic acids is 1. The number of hydrogen-bond acceptors (Lipinski definition) is 5. The van der Waals surface area contributed by atoms with Crippen LogP contribution in [0.25, 0.3) is 0 Å². The molecule has 18 heavy (non-hydrogen) atoms. The van der Waals surface area contributed by atoms with Crippen LogP contribution in [-0.2, 0) is 4.79 Å². The summed E-state index contributed by atoms with van der Waals surface area (Å²) in [5.41, 5.74) is 5.99. The number of rotatable bonds is 4. The topological polar surface area (TPSA) is 101 Å². The van der Waals surface area contributed by atoms with Gasteiger partial charge in [-0.05, 0) is 24.1 Å². The smallest absolute Gasteiger partial charge is 0.321 e. The minimum Gasteiger partial charge on any atom is -0.480 e. The zero-order chi connectivity index (χ0) is 13.3. The van der Waals surface area contributed by atoms with Crippen LogP contribution in [0.4, 0.5) is 0 Å². The molecule has 1 aromatic rings. The second kappa shape index (κ2) is 4.79. The maximum atomic E-state index is 11.9. The van der Waals surface area contributed by atoms with Crippen LogP contribution in [0.2, 0.25) is 0 Å². The lowest BCUT2D eigenvalue weighted by Gasteiger charge is -2.13. The lowest BCUT2D eigenvalue weighted by molar-refractivity contribution is -0.137. The number of carbonyl (C=O) groups is 3. The minimum absolute atomic E-state index is 0.0409. The highest BCUT2D eigenvalue weighted by molar-refractivity contribution is 7.98. The van der Waals surface area contributed by atoms with Crippen LogP contribution >= 0.6 is 11.9 Å². The number of amides is 2. The fourth-order valence-electron chi connectivity index (χ4n) is 1.51. The third kappa shape index (κ3) is 2.09. The molecule has 1 aromatic carbocycles. The van der Waals surface area contributed by atoms with Crippen LogP contribution in [0.15, 0.2) is 24.3 Å². The average Bonchev–Trinajstić information content (AvgIpc) is 2.60. The number of carboxylic acid groups (broad SMARTS) is 1. The summed E-state index contributed by atoms with van der Waals surface area (Å²) >= 11 is 0.822. The number of benzene rings is 1. The molecule has 3 N–H and O–H groups in total. The molecular weight excluding hydrogens is 256 g/mol. The van der Waals surface area contributed by atoms with Crippen molar-refractivity contribution in [3.8, 4) is 0 Å². The summed E-state index contributed by atoms with van der Waals surface area (Å²) in [4.78, 5) is 34.3. The van der Waals surface area contributed by atoms with Crippen molar-refractivity contribution in [3.63, 3.8) is 0 Å². The van der Waals surface area contributed by atoms with Crippen molar-refractivity contribution in [2.24, 2.45) is 5.73 Å². The number of fused-ring (bicyclic) bond motifs is 1. The van der Waals surface area contributed by atoms with Gasteiger partial charge in [0.05, 0.1) is 11.1 Å². The number of hydrogen-bond donors (Lipinski definition) is 2. The Balaban J connectivity index is 2.12. The van der Waals surface area contributed by atoms with Crippen LogP contribution in [0.5, 0.6) is 0 Å². The zero-order valence-electron chi connectivity index (χ0n) is 9.20. The number of nitrogens with two attached hydrogens (primary N) is 1. The first-order valence-corrected chi connectivity index (χ1v) is 6.05. The molecule has 2 rings (SSSR count). The van der Waals surface area contributed by atoms with Gasteiger partial charge in [-0.3, -0.25) is 14.4 Å². The molecule has 1 heterocycles. The van der Waals surface area contributed by atoms with E-state index in [2.05, 4.69) is 0 Å². The highest BCUT2D eigenvalue weighted by Crippen LogP contribution is 2.28. The Morgan fingerprint density at radius 3 is 2.22 bits per heavy atom. The number of imide groups is 1. The van der Waals surface area contributed by atoms with Gasteiger partial charge in [-0.15, -0.1) is 0 Å². The Bertz CT molecular complexity index is 497. The maximum absolute atomic E-state index is 11.9. The van der Waals surface area contributed by atoms with E-state index < -0.39 is 23.8 Å². The van der Waals surface area contributed by atoms with Gasteiger partial charge in [0.1, 0.15) is 6.04 Å². The van der Waals surface area contributed by atoms with Gasteiger partial charge >= 0.3 is 5.97 Å². The Morgan fingerprint density at radius 1 is 1.28 bits per heavy atom. The van der Waals surface area contributed by atoms with Crippen LogP contribution in [-0.4, -0.2) is 39.0 Å². The Morgan fingerprint density at radius 2 is 1.78 bits per heavy atom. The summed E-state index contributed by atoms with van der Waals surface area (Å²) < 4.78 is 0.952. The molecule has 1 unspecified atom stereocenters. The van der Waals surface area contributed by atoms with Crippen molar-refractivity contribution in [2.45, 2.75) is 6.04 Å². The third-order valence-electron chi connectivity index (χ3n) is 2.46. The molecule has 0 spiro atoms. The van der Waals surface area contributed by atoms with Crippen molar-refractivity contribution in [3.05, 3.63) is 35.4 Å². The van der Waals surface area contributed by atoms with Crippen LogP contribution in [0, 0.1) is 0 Å². The van der Waals surface area contributed by atoms with Gasteiger partial charge in [0.15, 0.2) is 0 Å². The van der Waals surface area contributed by atoms with Gasteiger partial charge in [-0.25, -0.2) is 4.31 Å². The summed E-state index contributed by atoms with van der Waals surface area (Å²) in [6.07, 6.45) is 0. The van der Waals surface area contributed by atoms with E-state index in [-0.39, 0.29) is 5.75 Å². The molecule has 1 aliphatic heterocycles. The molecule has 0 aromatic heterocycles. The zero-order valence-corrected chi connectivity index (χ0v) is 10.0. The molecule has 0 fully saturated rings. The largest absolute Gasteiger partial charge is 0.480 e. The van der Waals surface area contributed by atoms with Gasteiger partial charge in [0.25, 0.3) is 11.8 Å². The number of nitrogens with zero attached hydrogens (tertiary/aromatic N) is 1. The fraction of sp³-hybridized carbons (Fsp3) is 0.182. The predicted octanol–water partition coefficient (Wildman–Crippen LogP) is 0.343. The molecule has 2 amide bonds. The molecule has 0 aliphatic carbocycles. The number of aliphatic carboxylic acids is 1. The summed E-state index contributed by atoms with van der Waals surface area (Å²) in [5, 5.41) is 8.63. The summed E-state index contributed by atoms with van der Waals surface area (Å²) in [6, 6.07) is 5.35. The normalized spacial score (nSPS) is 15.7. The Labute approximate surface area is 107 Å². The van der Waals surface area contributed by atoms with Gasteiger partial charge in [-0.2, -0.15) is 0 Å². The van der Waals surface area contributed by atoms with Gasteiger partial charge in [0.2, 0.25) is 0 Å². The maximum Gasteiger partial charge on any atom is 0.321 e. The standard InChI is InChI=1S/C11H10N2O4S/c12-8(11(16)17)5-18-13-9(14)6-3-1-2-4-7(6)10(13)15/h1-4,8H,5,12H2,(H,16,17). The van der Waals surface area contributed by atoms with Crippen molar-refractivity contribution in [1.29, 1.82) is 0 Å². The predicted molar refractivity (Wildman–Crippen MR) is 65.0 cm³/mol. The highest BCUT2D eigenvalue weighted by Gasteiger charge is 2.36. The first-order chi connectivity index (χ1) is 8.52. The van der Waals surface area contributed by atoms with Crippen LogP contribution in [0.3, 0.4) is 0 Å². The van der Waals surface area contributed by atoms with Gasteiger partial charge in [0, 0.05) is 5.75 Å². The quantitative estimate of drug-likeness (QED) is 0.602. The average molecular weight is 266 g/mol. The van der Waals surface area contributed by atoms with Gasteiger partial charge in [-0.1, -0.05) is 12.1 Å². The minimum atomic E-state index is -1.17. The molecular formula is C11H10N2O4S. The van der Waals surface area contributed by atoms with Crippen molar-refractivity contribution >= 4 is 29.7 Å². The first-order valence-electron chi connectivity index (χ1n) is 5.11. The SMILES string of the molecule is NC(CSN1C(=O)c2ccccc2C1=O)C(=O)O. The van der Waals surface area contributed by atoms with E-state index >= 15 is 0 Å². The molecule has 0 radical (unpaired) electrons. The molecule has 0 saturated heterocycles. The van der Waals surface area contributed by atoms with E-state index in [1.54, 1.807) is 24.3 Å². The van der Waals surface area contributed by atoms with Crippen molar-refractivity contribution in [1.82, 2.24) is 4.31 Å². The molecule has 1 atom stereocenters. The monoisotopic (exact) mass is 266 g/mol. The molecule has 7 heteroatoms. The second-order valence-corrected chi connectivity index (χ2v) is 4.65. The molecule has 6 nitrogen and oxygen atoms in total. The van der Waals surface area contributed by atoms with Crippen molar-refractivity contribution in [2.75, 3.05) is 5.75 Å². The molecule has 94 valence electrons. The van der Waals surface area contributed by atoms with E-state index in [4.69, 9.17) is 10.8 Å². The highest BCUT2D eigenvalue weighted by atomic mass is 32.2. The Hall–Kier alpha value is -1.86. The van der Waals surface area contributed by atoms with E-state index in [1.165, 1.54) is 0 Å². The summed E-state index contributed by atoms with van der Waals surface area (Å²) in [7, 11) is 0. The van der Waals surface area contributed by atoms with Crippen molar-refractivity contribution < 1.29 is 19.5 Å². The Kier molecular flexibility index (Phi) is 3.35.